The number of hydrogen-bond acceptors (Lipinski definition) is 6. The lowest BCUT2D eigenvalue weighted by Gasteiger charge is -2.36. The molecule has 2 heterocycles. The first kappa shape index (κ1) is 21.8. The summed E-state index contributed by atoms with van der Waals surface area (Å²) < 4.78 is 5.28. The summed E-state index contributed by atoms with van der Waals surface area (Å²) in [4.78, 5) is 42.1. The standard InChI is InChI=1S/C21H31N3O4S/c1-5-28-21(27)18-16-7-6-13(2)12-17(16)29-20(18)22-19(26)14(3)23-8-10-24(11-9-23)15(4)25/h13-14H,5-12H2,1-4H3,(H,22,26). The molecule has 1 aromatic rings. The molecule has 0 spiro atoms. The Hall–Kier alpha value is -1.93. The van der Waals surface area contributed by atoms with E-state index < -0.39 is 0 Å². The lowest BCUT2D eigenvalue weighted by molar-refractivity contribution is -0.131. The first-order valence-electron chi connectivity index (χ1n) is 10.4. The molecule has 7 nitrogen and oxygen atoms in total. The van der Waals surface area contributed by atoms with Crippen molar-refractivity contribution in [3.63, 3.8) is 0 Å². The fourth-order valence-electron chi connectivity index (χ4n) is 4.06. The molecule has 1 aliphatic carbocycles. The molecule has 2 atom stereocenters. The molecule has 0 saturated carbocycles. The van der Waals surface area contributed by atoms with Gasteiger partial charge in [0.05, 0.1) is 18.2 Å². The van der Waals surface area contributed by atoms with Crippen molar-refractivity contribution >= 4 is 34.1 Å². The van der Waals surface area contributed by atoms with Gasteiger partial charge in [0.1, 0.15) is 5.00 Å². The van der Waals surface area contributed by atoms with Crippen molar-refractivity contribution in [1.29, 1.82) is 0 Å². The highest BCUT2D eigenvalue weighted by Gasteiger charge is 2.31. The van der Waals surface area contributed by atoms with Gasteiger partial charge in [-0.1, -0.05) is 6.92 Å². The zero-order chi connectivity index (χ0) is 21.1. The minimum absolute atomic E-state index is 0.0687. The van der Waals surface area contributed by atoms with E-state index >= 15 is 0 Å². The zero-order valence-corrected chi connectivity index (χ0v) is 18.6. The van der Waals surface area contributed by atoms with Gasteiger partial charge in [0.25, 0.3) is 0 Å². The number of nitrogens with one attached hydrogen (secondary N) is 1. The summed E-state index contributed by atoms with van der Waals surface area (Å²) in [6.07, 6.45) is 2.82. The minimum Gasteiger partial charge on any atom is -0.462 e. The van der Waals surface area contributed by atoms with E-state index in [2.05, 4.69) is 17.1 Å². The third-order valence-corrected chi connectivity index (χ3v) is 7.08. The van der Waals surface area contributed by atoms with Gasteiger partial charge in [-0.3, -0.25) is 14.5 Å². The number of rotatable bonds is 5. The molecule has 8 heteroatoms. The molecular weight excluding hydrogens is 390 g/mol. The molecule has 0 radical (unpaired) electrons. The lowest BCUT2D eigenvalue weighted by atomic mass is 9.88. The van der Waals surface area contributed by atoms with Crippen molar-refractivity contribution < 1.29 is 19.1 Å². The molecule has 1 N–H and O–H groups in total. The predicted octanol–water partition coefficient (Wildman–Crippen LogP) is 2.54. The van der Waals surface area contributed by atoms with Crippen molar-refractivity contribution in [2.24, 2.45) is 5.92 Å². The highest BCUT2D eigenvalue weighted by atomic mass is 32.1. The molecule has 1 aromatic heterocycles. The molecule has 3 rings (SSSR count). The van der Waals surface area contributed by atoms with Gasteiger partial charge < -0.3 is 15.0 Å². The summed E-state index contributed by atoms with van der Waals surface area (Å²) in [5.41, 5.74) is 1.59. The zero-order valence-electron chi connectivity index (χ0n) is 17.7. The molecular formula is C21H31N3O4S. The number of amides is 2. The Kier molecular flexibility index (Phi) is 6.95. The summed E-state index contributed by atoms with van der Waals surface area (Å²) in [6.45, 7) is 10.4. The summed E-state index contributed by atoms with van der Waals surface area (Å²) in [7, 11) is 0. The monoisotopic (exact) mass is 421 g/mol. The van der Waals surface area contributed by atoms with Gasteiger partial charge in [-0.2, -0.15) is 0 Å². The average Bonchev–Trinajstić information content (AvgIpc) is 3.04. The first-order chi connectivity index (χ1) is 13.8. The van der Waals surface area contributed by atoms with Crippen LogP contribution in [0.25, 0.3) is 0 Å². The fraction of sp³-hybridized carbons (Fsp3) is 0.667. The number of carbonyl (C=O) groups is 3. The van der Waals surface area contributed by atoms with Crippen molar-refractivity contribution in [2.45, 2.75) is 53.0 Å². The second-order valence-electron chi connectivity index (χ2n) is 7.98. The molecule has 29 heavy (non-hydrogen) atoms. The van der Waals surface area contributed by atoms with E-state index in [1.807, 2.05) is 6.92 Å². The quantitative estimate of drug-likeness (QED) is 0.739. The van der Waals surface area contributed by atoms with Crippen LogP contribution in [-0.2, 0) is 27.2 Å². The third kappa shape index (κ3) is 4.80. The second-order valence-corrected chi connectivity index (χ2v) is 9.09. The number of hydrogen-bond donors (Lipinski definition) is 1. The topological polar surface area (TPSA) is 79.0 Å². The molecule has 1 saturated heterocycles. The Bertz CT molecular complexity index is 783. The molecule has 2 aliphatic rings. The number of fused-ring (bicyclic) bond motifs is 1. The van der Waals surface area contributed by atoms with E-state index in [9.17, 15) is 14.4 Å². The number of esters is 1. The molecule has 160 valence electrons. The highest BCUT2D eigenvalue weighted by molar-refractivity contribution is 7.17. The normalized spacial score (nSPS) is 20.7. The Morgan fingerprint density at radius 2 is 1.93 bits per heavy atom. The molecule has 2 amide bonds. The van der Waals surface area contributed by atoms with E-state index in [0.717, 1.165) is 24.8 Å². The Morgan fingerprint density at radius 1 is 1.24 bits per heavy atom. The van der Waals surface area contributed by atoms with Gasteiger partial charge in [-0.15, -0.1) is 11.3 Å². The van der Waals surface area contributed by atoms with Gasteiger partial charge in [-0.25, -0.2) is 4.79 Å². The van der Waals surface area contributed by atoms with Crippen molar-refractivity contribution in [2.75, 3.05) is 38.1 Å². The largest absolute Gasteiger partial charge is 0.462 e. The smallest absolute Gasteiger partial charge is 0.341 e. The van der Waals surface area contributed by atoms with Gasteiger partial charge in [0, 0.05) is 38.0 Å². The SMILES string of the molecule is CCOC(=O)c1c(NC(=O)C(C)N2CCN(C(C)=O)CC2)sc2c1CCC(C)C2. The number of carbonyl (C=O) groups excluding carboxylic acids is 3. The van der Waals surface area contributed by atoms with Crippen LogP contribution < -0.4 is 5.32 Å². The van der Waals surface area contributed by atoms with Crippen LogP contribution in [0.3, 0.4) is 0 Å². The van der Waals surface area contributed by atoms with Crippen molar-refractivity contribution in [3.8, 4) is 0 Å². The molecule has 1 fully saturated rings. The van der Waals surface area contributed by atoms with E-state index in [4.69, 9.17) is 4.74 Å². The fourth-order valence-corrected chi connectivity index (χ4v) is 5.47. The van der Waals surface area contributed by atoms with Crippen LogP contribution in [0, 0.1) is 5.92 Å². The molecule has 2 unspecified atom stereocenters. The second kappa shape index (κ2) is 9.26. The van der Waals surface area contributed by atoms with E-state index in [1.165, 1.54) is 16.2 Å². The van der Waals surface area contributed by atoms with Crippen LogP contribution in [-0.4, -0.2) is 66.4 Å². The number of ether oxygens (including phenoxy) is 1. The molecule has 0 bridgehead atoms. The van der Waals surface area contributed by atoms with E-state index in [1.54, 1.807) is 18.7 Å². The van der Waals surface area contributed by atoms with Gasteiger partial charge >= 0.3 is 5.97 Å². The van der Waals surface area contributed by atoms with E-state index in [-0.39, 0.29) is 23.8 Å². The van der Waals surface area contributed by atoms with Crippen LogP contribution in [0.2, 0.25) is 0 Å². The third-order valence-electron chi connectivity index (χ3n) is 5.91. The van der Waals surface area contributed by atoms with Crippen molar-refractivity contribution in [3.05, 3.63) is 16.0 Å². The minimum atomic E-state index is -0.349. The first-order valence-corrected chi connectivity index (χ1v) is 11.3. The number of thiophene rings is 1. The number of anilines is 1. The Morgan fingerprint density at radius 3 is 2.55 bits per heavy atom. The molecule has 0 aromatic carbocycles. The molecule has 1 aliphatic heterocycles. The highest BCUT2D eigenvalue weighted by Crippen LogP contribution is 2.40. The Balaban J connectivity index is 1.74. The van der Waals surface area contributed by atoms with Crippen LogP contribution in [0.1, 0.15) is 54.9 Å². The van der Waals surface area contributed by atoms with Gasteiger partial charge in [0.15, 0.2) is 0 Å². The summed E-state index contributed by atoms with van der Waals surface area (Å²) in [6, 6.07) is -0.336. The lowest BCUT2D eigenvalue weighted by Crippen LogP contribution is -2.53. The van der Waals surface area contributed by atoms with Crippen LogP contribution in [0.15, 0.2) is 0 Å². The van der Waals surface area contributed by atoms with Crippen molar-refractivity contribution in [1.82, 2.24) is 9.80 Å². The van der Waals surface area contributed by atoms with Crippen LogP contribution in [0.4, 0.5) is 5.00 Å². The summed E-state index contributed by atoms with van der Waals surface area (Å²) >= 11 is 1.51. The summed E-state index contributed by atoms with van der Waals surface area (Å²) in [5.74, 6) is 0.173. The number of nitrogens with zero attached hydrogens (tertiary/aromatic N) is 2. The maximum Gasteiger partial charge on any atom is 0.341 e. The maximum atomic E-state index is 13.0. The van der Waals surface area contributed by atoms with Crippen LogP contribution in [0.5, 0.6) is 0 Å². The number of piperazine rings is 1. The van der Waals surface area contributed by atoms with E-state index in [0.29, 0.717) is 49.3 Å². The van der Waals surface area contributed by atoms with Gasteiger partial charge in [-0.05, 0) is 44.6 Å². The maximum absolute atomic E-state index is 13.0. The predicted molar refractivity (Wildman–Crippen MR) is 113 cm³/mol. The Labute approximate surface area is 176 Å². The average molecular weight is 422 g/mol. The summed E-state index contributed by atoms with van der Waals surface area (Å²) in [5, 5.41) is 3.62. The van der Waals surface area contributed by atoms with Crippen LogP contribution >= 0.6 is 11.3 Å². The van der Waals surface area contributed by atoms with Gasteiger partial charge in [0.2, 0.25) is 11.8 Å².